The van der Waals surface area contributed by atoms with Crippen molar-refractivity contribution in [3.05, 3.63) is 29.4 Å². The van der Waals surface area contributed by atoms with Gasteiger partial charge in [0.1, 0.15) is 5.76 Å². The molecule has 0 saturated heterocycles. The fraction of sp³-hybridized carbons (Fsp3) is 0.412. The van der Waals surface area contributed by atoms with Crippen LogP contribution in [0, 0.1) is 6.92 Å². The van der Waals surface area contributed by atoms with Gasteiger partial charge in [-0.25, -0.2) is 9.59 Å². The standard InChI is InChI=1S/C17H20N4O5S/c1-4-11-13(15(22)24-5-2)12(19-16(23)18-11)8-27-17-21-20-14(26-17)10-6-7-25-9(10)3/h6-7,11H,4-5,8H2,1-3H3,(H2,18,19,23). The molecule has 10 heteroatoms. The molecule has 1 atom stereocenters. The number of amides is 2. The van der Waals surface area contributed by atoms with Gasteiger partial charge in [0.25, 0.3) is 11.1 Å². The average molecular weight is 392 g/mol. The number of hydrogen-bond donors (Lipinski definition) is 2. The van der Waals surface area contributed by atoms with Crippen molar-refractivity contribution < 1.29 is 23.2 Å². The molecule has 0 spiro atoms. The molecule has 1 unspecified atom stereocenters. The first-order valence-corrected chi connectivity index (χ1v) is 9.50. The Balaban J connectivity index is 1.79. The molecule has 2 N–H and O–H groups in total. The molecule has 1 aliphatic heterocycles. The largest absolute Gasteiger partial charge is 0.469 e. The lowest BCUT2D eigenvalue weighted by Gasteiger charge is -2.28. The molecular formula is C17H20N4O5S. The molecule has 2 amide bonds. The molecule has 3 heterocycles. The summed E-state index contributed by atoms with van der Waals surface area (Å²) in [5.74, 6) is 0.861. The van der Waals surface area contributed by atoms with Crippen LogP contribution in [0.15, 0.2) is 37.7 Å². The molecule has 0 aliphatic carbocycles. The Kier molecular flexibility index (Phi) is 5.84. The highest BCUT2D eigenvalue weighted by Crippen LogP contribution is 2.28. The molecule has 3 rings (SSSR count). The van der Waals surface area contributed by atoms with Crippen LogP contribution in [-0.4, -0.2) is 40.6 Å². The number of furan rings is 1. The smallest absolute Gasteiger partial charge is 0.337 e. The SMILES string of the molecule is CCOC(=O)C1=C(CSc2nnc(-c3ccoc3C)o2)NC(=O)NC1CC. The first-order chi connectivity index (χ1) is 13.0. The highest BCUT2D eigenvalue weighted by molar-refractivity contribution is 7.99. The summed E-state index contributed by atoms with van der Waals surface area (Å²) in [5.41, 5.74) is 1.62. The number of hydrogen-bond acceptors (Lipinski definition) is 8. The monoisotopic (exact) mass is 392 g/mol. The third-order valence-electron chi connectivity index (χ3n) is 3.98. The Morgan fingerprint density at radius 1 is 1.37 bits per heavy atom. The number of urea groups is 1. The van der Waals surface area contributed by atoms with Crippen molar-refractivity contribution in [1.82, 2.24) is 20.8 Å². The summed E-state index contributed by atoms with van der Waals surface area (Å²) in [5, 5.41) is 13.7. The van der Waals surface area contributed by atoms with Crippen LogP contribution in [0.3, 0.4) is 0 Å². The molecule has 144 valence electrons. The zero-order chi connectivity index (χ0) is 19.4. The highest BCUT2D eigenvalue weighted by atomic mass is 32.2. The minimum absolute atomic E-state index is 0.254. The van der Waals surface area contributed by atoms with E-state index in [1.807, 2.05) is 6.92 Å². The van der Waals surface area contributed by atoms with E-state index in [0.717, 1.165) is 5.56 Å². The Bertz CT molecular complexity index is 872. The van der Waals surface area contributed by atoms with Crippen LogP contribution in [0.5, 0.6) is 0 Å². The number of carbonyl (C=O) groups is 2. The first-order valence-electron chi connectivity index (χ1n) is 8.51. The number of nitrogens with zero attached hydrogens (tertiary/aromatic N) is 2. The van der Waals surface area contributed by atoms with E-state index in [1.54, 1.807) is 26.2 Å². The van der Waals surface area contributed by atoms with Gasteiger partial charge in [-0.2, -0.15) is 0 Å². The lowest BCUT2D eigenvalue weighted by atomic mass is 10.0. The van der Waals surface area contributed by atoms with Gasteiger partial charge in [0.05, 0.1) is 30.0 Å². The zero-order valence-corrected chi connectivity index (χ0v) is 16.0. The Labute approximate surface area is 159 Å². The number of ether oxygens (including phenoxy) is 1. The Hall–Kier alpha value is -2.75. The van der Waals surface area contributed by atoms with Crippen LogP contribution in [-0.2, 0) is 9.53 Å². The minimum Gasteiger partial charge on any atom is -0.469 e. The second-order valence-corrected chi connectivity index (χ2v) is 6.65. The molecule has 27 heavy (non-hydrogen) atoms. The molecule has 0 saturated carbocycles. The van der Waals surface area contributed by atoms with E-state index in [9.17, 15) is 9.59 Å². The van der Waals surface area contributed by atoms with Gasteiger partial charge < -0.3 is 24.2 Å². The molecular weight excluding hydrogens is 372 g/mol. The molecule has 0 bridgehead atoms. The number of aryl methyl sites for hydroxylation is 1. The molecule has 1 aliphatic rings. The molecule has 9 nitrogen and oxygen atoms in total. The van der Waals surface area contributed by atoms with E-state index < -0.39 is 12.0 Å². The molecule has 0 aromatic carbocycles. The van der Waals surface area contributed by atoms with Crippen LogP contribution in [0.4, 0.5) is 4.79 Å². The van der Waals surface area contributed by atoms with Crippen molar-refractivity contribution in [1.29, 1.82) is 0 Å². The van der Waals surface area contributed by atoms with Gasteiger partial charge in [-0.1, -0.05) is 18.7 Å². The number of nitrogens with one attached hydrogen (secondary N) is 2. The molecule has 0 fully saturated rings. The third kappa shape index (κ3) is 4.16. The van der Waals surface area contributed by atoms with Crippen LogP contribution in [0.1, 0.15) is 26.0 Å². The normalized spacial score (nSPS) is 16.9. The summed E-state index contributed by atoms with van der Waals surface area (Å²) < 4.78 is 16.0. The van der Waals surface area contributed by atoms with E-state index in [1.165, 1.54) is 11.8 Å². The van der Waals surface area contributed by atoms with Crippen LogP contribution >= 0.6 is 11.8 Å². The third-order valence-corrected chi connectivity index (χ3v) is 4.83. The van der Waals surface area contributed by atoms with Crippen LogP contribution < -0.4 is 10.6 Å². The maximum atomic E-state index is 12.4. The summed E-state index contributed by atoms with van der Waals surface area (Å²) in [6.07, 6.45) is 2.12. The van der Waals surface area contributed by atoms with Crippen molar-refractivity contribution in [3.8, 4) is 11.5 Å². The quantitative estimate of drug-likeness (QED) is 0.545. The summed E-state index contributed by atoms with van der Waals surface area (Å²) in [7, 11) is 0. The van der Waals surface area contributed by atoms with E-state index >= 15 is 0 Å². The number of aromatic nitrogens is 2. The minimum atomic E-state index is -0.451. The van der Waals surface area contributed by atoms with Crippen molar-refractivity contribution in [3.63, 3.8) is 0 Å². The zero-order valence-electron chi connectivity index (χ0n) is 15.2. The van der Waals surface area contributed by atoms with Gasteiger partial charge in [-0.15, -0.1) is 10.2 Å². The van der Waals surface area contributed by atoms with Crippen molar-refractivity contribution in [2.75, 3.05) is 12.4 Å². The summed E-state index contributed by atoms with van der Waals surface area (Å²) in [6.45, 7) is 5.68. The fourth-order valence-corrected chi connectivity index (χ4v) is 3.43. The topological polar surface area (TPSA) is 119 Å². The van der Waals surface area contributed by atoms with E-state index in [4.69, 9.17) is 13.6 Å². The predicted molar refractivity (Wildman–Crippen MR) is 96.9 cm³/mol. The Morgan fingerprint density at radius 3 is 2.85 bits per heavy atom. The van der Waals surface area contributed by atoms with Crippen molar-refractivity contribution in [2.24, 2.45) is 0 Å². The summed E-state index contributed by atoms with van der Waals surface area (Å²) >= 11 is 1.23. The first kappa shape index (κ1) is 19.0. The Morgan fingerprint density at radius 2 is 2.19 bits per heavy atom. The molecule has 0 radical (unpaired) electrons. The van der Waals surface area contributed by atoms with E-state index in [2.05, 4.69) is 20.8 Å². The number of rotatable bonds is 7. The van der Waals surface area contributed by atoms with Gasteiger partial charge in [0.2, 0.25) is 0 Å². The van der Waals surface area contributed by atoms with Gasteiger partial charge in [-0.3, -0.25) is 0 Å². The van der Waals surface area contributed by atoms with Crippen LogP contribution in [0.2, 0.25) is 0 Å². The van der Waals surface area contributed by atoms with Gasteiger partial charge in [0.15, 0.2) is 0 Å². The molecule has 2 aromatic heterocycles. The molecule has 2 aromatic rings. The van der Waals surface area contributed by atoms with E-state index in [-0.39, 0.29) is 18.4 Å². The van der Waals surface area contributed by atoms with Crippen LogP contribution in [0.25, 0.3) is 11.5 Å². The van der Waals surface area contributed by atoms with Gasteiger partial charge in [0, 0.05) is 11.4 Å². The van der Waals surface area contributed by atoms with Gasteiger partial charge in [-0.05, 0) is 26.3 Å². The number of esters is 1. The lowest BCUT2D eigenvalue weighted by Crippen LogP contribution is -2.50. The predicted octanol–water partition coefficient (Wildman–Crippen LogP) is 2.64. The second kappa shape index (κ2) is 8.30. The van der Waals surface area contributed by atoms with Crippen molar-refractivity contribution in [2.45, 2.75) is 38.5 Å². The maximum Gasteiger partial charge on any atom is 0.337 e. The van der Waals surface area contributed by atoms with Gasteiger partial charge >= 0.3 is 12.0 Å². The number of thioether (sulfide) groups is 1. The summed E-state index contributed by atoms with van der Waals surface area (Å²) in [4.78, 5) is 24.2. The number of carbonyl (C=O) groups excluding carboxylic acids is 2. The average Bonchev–Trinajstić information content (AvgIpc) is 3.27. The highest BCUT2D eigenvalue weighted by Gasteiger charge is 2.31. The van der Waals surface area contributed by atoms with E-state index in [0.29, 0.717) is 34.6 Å². The fourth-order valence-electron chi connectivity index (χ4n) is 2.69. The summed E-state index contributed by atoms with van der Waals surface area (Å²) in [6, 6.07) is 0.989. The maximum absolute atomic E-state index is 12.4. The second-order valence-electron chi connectivity index (χ2n) is 5.72. The lowest BCUT2D eigenvalue weighted by molar-refractivity contribution is -0.139. The van der Waals surface area contributed by atoms with Crippen molar-refractivity contribution >= 4 is 23.8 Å².